The summed E-state index contributed by atoms with van der Waals surface area (Å²) in [6.07, 6.45) is 8.19. The molecule has 0 aliphatic rings. The molecule has 2 aromatic rings. The zero-order valence-corrected chi connectivity index (χ0v) is 23.2. The summed E-state index contributed by atoms with van der Waals surface area (Å²) in [6.45, 7) is 9.33. The van der Waals surface area contributed by atoms with Crippen molar-refractivity contribution in [3.63, 3.8) is 0 Å². The number of anilines is 1. The molecule has 0 aliphatic heterocycles. The maximum absolute atomic E-state index is 12.1. The number of benzene rings is 1. The number of nitrogens with zero attached hydrogens (tertiary/aromatic N) is 2. The SMILES string of the molecule is CCS(=O)(=O)c1ccc(Cc2sc(NC(C)=O)nc2CCC(C)/C=C\C(=C/C(C)C)N=C(N)N)cc1. The summed E-state index contributed by atoms with van der Waals surface area (Å²) in [5, 5.41) is 3.35. The molecule has 0 saturated heterocycles. The third-order valence-corrected chi connectivity index (χ3v) is 8.05. The van der Waals surface area contributed by atoms with Gasteiger partial charge in [-0.25, -0.2) is 18.4 Å². The monoisotopic (exact) mass is 531 g/mol. The third kappa shape index (κ3) is 9.58. The van der Waals surface area contributed by atoms with Crippen LogP contribution in [0.1, 0.15) is 57.2 Å². The highest BCUT2D eigenvalue weighted by Crippen LogP contribution is 2.28. The average molecular weight is 532 g/mol. The van der Waals surface area contributed by atoms with Crippen LogP contribution in [0.3, 0.4) is 0 Å². The first-order chi connectivity index (χ1) is 16.9. The fraction of sp³-hybridized carbons (Fsp3) is 0.423. The van der Waals surface area contributed by atoms with E-state index < -0.39 is 9.84 Å². The van der Waals surface area contributed by atoms with Gasteiger partial charge in [-0.15, -0.1) is 11.3 Å². The molecule has 1 unspecified atom stereocenters. The number of aryl methyl sites for hydroxylation is 1. The van der Waals surface area contributed by atoms with Crippen molar-refractivity contribution in [3.05, 3.63) is 64.3 Å². The summed E-state index contributed by atoms with van der Waals surface area (Å²) in [7, 11) is -3.24. The number of thiazole rings is 1. The lowest BCUT2D eigenvalue weighted by atomic mass is 10.0. The zero-order chi connectivity index (χ0) is 26.9. The highest BCUT2D eigenvalue weighted by atomic mass is 32.2. The Hall–Kier alpha value is -2.98. The Morgan fingerprint density at radius 3 is 2.42 bits per heavy atom. The quantitative estimate of drug-likeness (QED) is 0.210. The Kier molecular flexibility index (Phi) is 10.9. The van der Waals surface area contributed by atoms with E-state index in [1.54, 1.807) is 19.1 Å². The van der Waals surface area contributed by atoms with Crippen LogP contribution in [0.25, 0.3) is 0 Å². The predicted molar refractivity (Wildman–Crippen MR) is 149 cm³/mol. The molecule has 5 N–H and O–H groups in total. The number of aromatic nitrogens is 1. The van der Waals surface area contributed by atoms with Crippen molar-refractivity contribution >= 4 is 38.2 Å². The third-order valence-electron chi connectivity index (χ3n) is 5.28. The maximum atomic E-state index is 12.1. The topological polar surface area (TPSA) is 141 Å². The molecule has 2 rings (SSSR count). The van der Waals surface area contributed by atoms with Crippen molar-refractivity contribution in [2.75, 3.05) is 11.1 Å². The van der Waals surface area contributed by atoms with E-state index in [1.807, 2.05) is 24.3 Å². The van der Waals surface area contributed by atoms with Crippen molar-refractivity contribution in [3.8, 4) is 0 Å². The number of nitrogens with two attached hydrogens (primary N) is 2. The largest absolute Gasteiger partial charge is 0.370 e. The zero-order valence-electron chi connectivity index (χ0n) is 21.6. The minimum atomic E-state index is -3.24. The van der Waals surface area contributed by atoms with Gasteiger partial charge in [0.05, 0.1) is 22.0 Å². The molecule has 1 heterocycles. The van der Waals surface area contributed by atoms with E-state index in [-0.39, 0.29) is 23.5 Å². The van der Waals surface area contributed by atoms with E-state index in [2.05, 4.69) is 42.1 Å². The molecule has 0 spiro atoms. The lowest BCUT2D eigenvalue weighted by Gasteiger charge is -2.08. The standard InChI is InChI=1S/C26H37N5O3S2/c1-6-36(33,34)22-12-9-20(10-13-22)16-24-23(31-26(35-24)29-19(5)32)14-8-18(4)7-11-21(15-17(2)3)30-25(27)28/h7,9-13,15,17-18H,6,8,14,16H2,1-5H3,(H4,27,28,30)(H,29,31,32)/b11-7-,21-15+. The molecule has 8 nitrogen and oxygen atoms in total. The van der Waals surface area contributed by atoms with Crippen LogP contribution in [0.15, 0.2) is 58.1 Å². The number of guanidine groups is 1. The molecule has 36 heavy (non-hydrogen) atoms. The number of carbonyl (C=O) groups excluding carboxylic acids is 1. The number of nitrogens with one attached hydrogen (secondary N) is 1. The molecule has 0 aliphatic carbocycles. The normalized spacial score (nSPS) is 13.2. The number of carbonyl (C=O) groups is 1. The molecule has 10 heteroatoms. The van der Waals surface area contributed by atoms with E-state index in [9.17, 15) is 13.2 Å². The van der Waals surface area contributed by atoms with Crippen LogP contribution in [0.4, 0.5) is 5.13 Å². The fourth-order valence-electron chi connectivity index (χ4n) is 3.43. The summed E-state index contributed by atoms with van der Waals surface area (Å²) in [4.78, 5) is 21.8. The van der Waals surface area contributed by atoms with E-state index in [1.165, 1.54) is 18.3 Å². The van der Waals surface area contributed by atoms with Gasteiger partial charge < -0.3 is 16.8 Å². The summed E-state index contributed by atoms with van der Waals surface area (Å²) in [5.41, 5.74) is 13.7. The second-order valence-corrected chi connectivity index (χ2v) is 12.4. The Morgan fingerprint density at radius 1 is 1.19 bits per heavy atom. The average Bonchev–Trinajstić information content (AvgIpc) is 3.15. The van der Waals surface area contributed by atoms with Crippen LogP contribution in [-0.2, 0) is 27.5 Å². The number of sulfone groups is 1. The number of aliphatic imine (C=N–C) groups is 1. The van der Waals surface area contributed by atoms with Gasteiger partial charge in [0.2, 0.25) is 5.91 Å². The van der Waals surface area contributed by atoms with Crippen LogP contribution in [0, 0.1) is 11.8 Å². The number of hydrogen-bond donors (Lipinski definition) is 3. The predicted octanol–water partition coefficient (Wildman–Crippen LogP) is 4.42. The van der Waals surface area contributed by atoms with Crippen LogP contribution >= 0.6 is 11.3 Å². The fourth-order valence-corrected chi connectivity index (χ4v) is 5.40. The summed E-state index contributed by atoms with van der Waals surface area (Å²) >= 11 is 1.45. The van der Waals surface area contributed by atoms with Gasteiger partial charge in [0.1, 0.15) is 0 Å². The molecule has 1 amide bonds. The van der Waals surface area contributed by atoms with Crippen LogP contribution in [0.5, 0.6) is 0 Å². The number of allylic oxidation sites excluding steroid dienone is 3. The van der Waals surface area contributed by atoms with Gasteiger partial charge in [-0.3, -0.25) is 4.79 Å². The second-order valence-electron chi connectivity index (χ2n) is 9.04. The molecule has 0 saturated carbocycles. The van der Waals surface area contributed by atoms with Crippen molar-refractivity contribution in [2.45, 2.75) is 58.8 Å². The molecule has 0 bridgehead atoms. The van der Waals surface area contributed by atoms with Gasteiger partial charge >= 0.3 is 0 Å². The van der Waals surface area contributed by atoms with Gasteiger partial charge in [-0.1, -0.05) is 52.0 Å². The van der Waals surface area contributed by atoms with Crippen molar-refractivity contribution < 1.29 is 13.2 Å². The highest BCUT2D eigenvalue weighted by molar-refractivity contribution is 7.91. The summed E-state index contributed by atoms with van der Waals surface area (Å²) in [6, 6.07) is 6.97. The molecule has 0 radical (unpaired) electrons. The molecular weight excluding hydrogens is 494 g/mol. The van der Waals surface area contributed by atoms with Gasteiger partial charge in [-0.05, 0) is 48.4 Å². The Bertz CT molecular complexity index is 1220. The molecule has 196 valence electrons. The summed E-state index contributed by atoms with van der Waals surface area (Å²) < 4.78 is 24.2. The van der Waals surface area contributed by atoms with E-state index in [0.29, 0.717) is 22.4 Å². The van der Waals surface area contributed by atoms with Crippen molar-refractivity contribution in [2.24, 2.45) is 28.3 Å². The first-order valence-electron chi connectivity index (χ1n) is 12.0. The van der Waals surface area contributed by atoms with E-state index >= 15 is 0 Å². The highest BCUT2D eigenvalue weighted by Gasteiger charge is 2.15. The van der Waals surface area contributed by atoms with Gasteiger partial charge in [0.15, 0.2) is 20.9 Å². The number of hydrogen-bond acceptors (Lipinski definition) is 6. The molecular formula is C26H37N5O3S2. The van der Waals surface area contributed by atoms with E-state index in [4.69, 9.17) is 11.5 Å². The smallest absolute Gasteiger partial charge is 0.223 e. The molecule has 1 atom stereocenters. The molecule has 0 fully saturated rings. The Balaban J connectivity index is 2.18. The van der Waals surface area contributed by atoms with Gasteiger partial charge in [-0.2, -0.15) is 0 Å². The van der Waals surface area contributed by atoms with E-state index in [0.717, 1.165) is 34.7 Å². The lowest BCUT2D eigenvalue weighted by molar-refractivity contribution is -0.114. The Morgan fingerprint density at radius 2 is 1.86 bits per heavy atom. The lowest BCUT2D eigenvalue weighted by Crippen LogP contribution is -2.22. The van der Waals surface area contributed by atoms with Crippen molar-refractivity contribution in [1.29, 1.82) is 0 Å². The molecule has 1 aromatic carbocycles. The maximum Gasteiger partial charge on any atom is 0.223 e. The van der Waals surface area contributed by atoms with Gasteiger partial charge in [0, 0.05) is 18.2 Å². The first kappa shape index (κ1) is 29.3. The molecule has 1 aromatic heterocycles. The first-order valence-corrected chi connectivity index (χ1v) is 14.4. The van der Waals surface area contributed by atoms with Crippen molar-refractivity contribution in [1.82, 2.24) is 4.98 Å². The minimum absolute atomic E-state index is 0.0251. The second kappa shape index (κ2) is 13.4. The van der Waals surface area contributed by atoms with Crippen LogP contribution in [0.2, 0.25) is 0 Å². The number of rotatable bonds is 12. The number of amides is 1. The summed E-state index contributed by atoms with van der Waals surface area (Å²) in [5.74, 6) is 0.475. The Labute approximate surface area is 218 Å². The van der Waals surface area contributed by atoms with Crippen LogP contribution in [-0.4, -0.2) is 31.0 Å². The van der Waals surface area contributed by atoms with Crippen LogP contribution < -0.4 is 16.8 Å². The van der Waals surface area contributed by atoms with Gasteiger partial charge in [0.25, 0.3) is 0 Å². The minimum Gasteiger partial charge on any atom is -0.370 e.